The first kappa shape index (κ1) is 20.4. The topological polar surface area (TPSA) is 32.8 Å². The van der Waals surface area contributed by atoms with Gasteiger partial charge in [-0.25, -0.2) is 0 Å². The van der Waals surface area contributed by atoms with E-state index in [0.29, 0.717) is 24.8 Å². The summed E-state index contributed by atoms with van der Waals surface area (Å²) in [6, 6.07) is 14.6. The zero-order chi connectivity index (χ0) is 20.1. The number of hydrogen-bond acceptors (Lipinski definition) is 4. The van der Waals surface area contributed by atoms with Crippen LogP contribution in [0.1, 0.15) is 43.4 Å². The molecule has 0 radical (unpaired) electrons. The van der Waals surface area contributed by atoms with Crippen molar-refractivity contribution >= 4 is 5.69 Å². The first-order valence-electron chi connectivity index (χ1n) is 10.3. The van der Waals surface area contributed by atoms with Gasteiger partial charge in [-0.2, -0.15) is 0 Å². The molecular formula is C24H32N2O2. The van der Waals surface area contributed by atoms with Gasteiger partial charge in [0.15, 0.2) is 5.75 Å². The number of benzene rings is 1. The van der Waals surface area contributed by atoms with Crippen LogP contribution in [0.15, 0.2) is 47.3 Å². The van der Waals surface area contributed by atoms with Crippen LogP contribution in [0, 0.1) is 6.92 Å². The number of piperazine rings is 1. The van der Waals surface area contributed by atoms with Crippen molar-refractivity contribution in [2.24, 2.45) is 0 Å². The zero-order valence-corrected chi connectivity index (χ0v) is 17.6. The Balaban J connectivity index is 1.73. The molecule has 1 aliphatic rings. The summed E-state index contributed by atoms with van der Waals surface area (Å²) < 4.78 is 5.66. The smallest absolute Gasteiger partial charge is 0.224 e. The van der Waals surface area contributed by atoms with Crippen molar-refractivity contribution < 1.29 is 4.74 Å². The van der Waals surface area contributed by atoms with Crippen molar-refractivity contribution in [3.8, 4) is 5.75 Å². The molecule has 0 atom stereocenters. The van der Waals surface area contributed by atoms with E-state index in [1.54, 1.807) is 0 Å². The maximum atomic E-state index is 13.0. The Kier molecular flexibility index (Phi) is 6.74. The summed E-state index contributed by atoms with van der Waals surface area (Å²) in [5.41, 5.74) is 4.55. The highest BCUT2D eigenvalue weighted by Crippen LogP contribution is 2.20. The standard InChI is InChI=1S/C24H32N2O2/c1-5-28-23-16-20(18(2)3)9-10-21(24(23)27)17-25-11-13-26(14-12-25)22-8-6-7-19(4)15-22/h6-10,15-16,18H,5,11-14,17H2,1-4H3. The van der Waals surface area contributed by atoms with Crippen LogP contribution in [0.4, 0.5) is 5.69 Å². The Morgan fingerprint density at radius 1 is 1.04 bits per heavy atom. The van der Waals surface area contributed by atoms with E-state index in [9.17, 15) is 4.79 Å². The molecule has 1 aliphatic heterocycles. The highest BCUT2D eigenvalue weighted by molar-refractivity contribution is 5.48. The molecule has 0 amide bonds. The predicted octanol–water partition coefficient (Wildman–Crippen LogP) is 4.20. The van der Waals surface area contributed by atoms with Gasteiger partial charge in [0.2, 0.25) is 5.43 Å². The lowest BCUT2D eigenvalue weighted by atomic mass is 10.1. The molecule has 0 bridgehead atoms. The first-order chi connectivity index (χ1) is 13.5. The largest absolute Gasteiger partial charge is 0.490 e. The van der Waals surface area contributed by atoms with E-state index >= 15 is 0 Å². The second-order valence-electron chi connectivity index (χ2n) is 7.89. The minimum absolute atomic E-state index is 0.0230. The summed E-state index contributed by atoms with van der Waals surface area (Å²) in [7, 11) is 0. The number of anilines is 1. The lowest BCUT2D eigenvalue weighted by Gasteiger charge is -2.36. The van der Waals surface area contributed by atoms with Crippen LogP contribution in [-0.2, 0) is 6.54 Å². The zero-order valence-electron chi connectivity index (χ0n) is 17.6. The van der Waals surface area contributed by atoms with Gasteiger partial charge in [0.1, 0.15) is 0 Å². The Morgan fingerprint density at radius 2 is 1.79 bits per heavy atom. The van der Waals surface area contributed by atoms with Crippen LogP contribution < -0.4 is 15.1 Å². The molecule has 0 aliphatic carbocycles. The van der Waals surface area contributed by atoms with Crippen molar-refractivity contribution in [1.82, 2.24) is 4.90 Å². The van der Waals surface area contributed by atoms with Crippen LogP contribution >= 0.6 is 0 Å². The average molecular weight is 381 g/mol. The van der Waals surface area contributed by atoms with E-state index in [1.165, 1.54) is 11.3 Å². The minimum atomic E-state index is 0.0230. The van der Waals surface area contributed by atoms with E-state index in [0.717, 1.165) is 37.3 Å². The molecule has 0 saturated carbocycles. The monoisotopic (exact) mass is 380 g/mol. The third-order valence-electron chi connectivity index (χ3n) is 5.39. The fraction of sp³-hybridized carbons (Fsp3) is 0.458. The summed E-state index contributed by atoms with van der Waals surface area (Å²) in [4.78, 5) is 17.8. The van der Waals surface area contributed by atoms with E-state index in [2.05, 4.69) is 60.9 Å². The Bertz CT molecular complexity index is 855. The SMILES string of the molecule is CCOc1cc(C(C)C)ccc(CN2CCN(c3cccc(C)c3)CC2)c1=O. The first-order valence-corrected chi connectivity index (χ1v) is 10.3. The van der Waals surface area contributed by atoms with E-state index in [-0.39, 0.29) is 5.43 Å². The van der Waals surface area contributed by atoms with Crippen molar-refractivity contribution in [3.05, 3.63) is 69.4 Å². The van der Waals surface area contributed by atoms with Crippen LogP contribution in [-0.4, -0.2) is 37.7 Å². The fourth-order valence-corrected chi connectivity index (χ4v) is 3.67. The van der Waals surface area contributed by atoms with Gasteiger partial charge in [-0.1, -0.05) is 38.1 Å². The van der Waals surface area contributed by atoms with Gasteiger partial charge in [0.25, 0.3) is 0 Å². The van der Waals surface area contributed by atoms with E-state index in [1.807, 2.05) is 19.1 Å². The molecule has 2 aromatic carbocycles. The molecule has 2 aromatic rings. The molecular weight excluding hydrogens is 348 g/mol. The summed E-state index contributed by atoms with van der Waals surface area (Å²) in [5.74, 6) is 0.835. The number of hydrogen-bond donors (Lipinski definition) is 0. The van der Waals surface area contributed by atoms with Gasteiger partial charge in [-0.3, -0.25) is 9.69 Å². The Labute approximate surface area is 168 Å². The molecule has 28 heavy (non-hydrogen) atoms. The Hall–Kier alpha value is -2.33. The number of nitrogens with zero attached hydrogens (tertiary/aromatic N) is 2. The number of rotatable bonds is 6. The van der Waals surface area contributed by atoms with Crippen molar-refractivity contribution in [2.45, 2.75) is 40.2 Å². The molecule has 0 N–H and O–H groups in total. The van der Waals surface area contributed by atoms with Gasteiger partial charge in [0, 0.05) is 44.0 Å². The third kappa shape index (κ3) is 4.93. The summed E-state index contributed by atoms with van der Waals surface area (Å²) in [5, 5.41) is 0. The molecule has 0 unspecified atom stereocenters. The number of aryl methyl sites for hydroxylation is 1. The summed E-state index contributed by atoms with van der Waals surface area (Å²) in [6.45, 7) is 13.4. The van der Waals surface area contributed by atoms with Gasteiger partial charge in [-0.05, 0) is 49.1 Å². The summed E-state index contributed by atoms with van der Waals surface area (Å²) >= 11 is 0. The molecule has 1 saturated heterocycles. The van der Waals surface area contributed by atoms with Crippen molar-refractivity contribution in [3.63, 3.8) is 0 Å². The molecule has 0 aromatic heterocycles. The molecule has 4 heteroatoms. The van der Waals surface area contributed by atoms with Crippen molar-refractivity contribution in [1.29, 1.82) is 0 Å². The molecule has 0 spiro atoms. The van der Waals surface area contributed by atoms with Crippen molar-refractivity contribution in [2.75, 3.05) is 37.7 Å². The minimum Gasteiger partial charge on any atom is -0.490 e. The van der Waals surface area contributed by atoms with E-state index in [4.69, 9.17) is 4.74 Å². The lowest BCUT2D eigenvalue weighted by molar-refractivity contribution is 0.248. The maximum absolute atomic E-state index is 13.0. The quantitative estimate of drug-likeness (QED) is 0.752. The highest BCUT2D eigenvalue weighted by atomic mass is 16.5. The second-order valence-corrected chi connectivity index (χ2v) is 7.89. The molecule has 1 fully saturated rings. The maximum Gasteiger partial charge on any atom is 0.224 e. The molecule has 1 heterocycles. The molecule has 3 rings (SSSR count). The highest BCUT2D eigenvalue weighted by Gasteiger charge is 2.19. The molecule has 4 nitrogen and oxygen atoms in total. The van der Waals surface area contributed by atoms with Gasteiger partial charge >= 0.3 is 0 Å². The van der Waals surface area contributed by atoms with Gasteiger partial charge < -0.3 is 9.64 Å². The van der Waals surface area contributed by atoms with Gasteiger partial charge in [-0.15, -0.1) is 0 Å². The van der Waals surface area contributed by atoms with Crippen LogP contribution in [0.2, 0.25) is 0 Å². The number of ether oxygens (including phenoxy) is 1. The lowest BCUT2D eigenvalue weighted by Crippen LogP contribution is -2.46. The average Bonchev–Trinajstić information content (AvgIpc) is 2.83. The van der Waals surface area contributed by atoms with Gasteiger partial charge in [0.05, 0.1) is 6.61 Å². The third-order valence-corrected chi connectivity index (χ3v) is 5.39. The normalized spacial score (nSPS) is 15.1. The van der Waals surface area contributed by atoms with Crippen LogP contribution in [0.25, 0.3) is 0 Å². The van der Waals surface area contributed by atoms with Crippen LogP contribution in [0.5, 0.6) is 5.75 Å². The predicted molar refractivity (Wildman–Crippen MR) is 117 cm³/mol. The Morgan fingerprint density at radius 3 is 2.43 bits per heavy atom. The van der Waals surface area contributed by atoms with E-state index < -0.39 is 0 Å². The van der Waals surface area contributed by atoms with Crippen LogP contribution in [0.3, 0.4) is 0 Å². The second kappa shape index (κ2) is 9.24. The molecule has 150 valence electrons. The summed E-state index contributed by atoms with van der Waals surface area (Å²) in [6.07, 6.45) is 0. The fourth-order valence-electron chi connectivity index (χ4n) is 3.67.